The molecule has 22 heavy (non-hydrogen) atoms. The van der Waals surface area contributed by atoms with Crippen LogP contribution >= 0.6 is 11.6 Å². The summed E-state index contributed by atoms with van der Waals surface area (Å²) in [6.45, 7) is 1.84. The first kappa shape index (κ1) is 14.5. The van der Waals surface area contributed by atoms with Gasteiger partial charge in [0.15, 0.2) is 0 Å². The van der Waals surface area contributed by atoms with E-state index < -0.39 is 11.9 Å². The molecule has 0 aliphatic heterocycles. The summed E-state index contributed by atoms with van der Waals surface area (Å²) in [5.41, 5.74) is 1.40. The molecule has 2 unspecified atom stereocenters. The number of carbonyl (C=O) groups is 1. The Bertz CT molecular complexity index is 765. The molecular formula is C15H12ClN3O3. The number of halogens is 1. The molecule has 0 radical (unpaired) electrons. The first-order valence-electron chi connectivity index (χ1n) is 6.63. The third-order valence-electron chi connectivity index (χ3n) is 3.44. The number of nitrogens with zero attached hydrogens (tertiary/aromatic N) is 3. The Hall–Kier alpha value is -2.47. The number of carboxylic acids is 1. The van der Waals surface area contributed by atoms with Crippen LogP contribution in [0.5, 0.6) is 0 Å². The van der Waals surface area contributed by atoms with E-state index in [1.54, 1.807) is 30.5 Å². The standard InChI is InChI=1S/C15H12ClN3O3/c1-8-6-9(2-4-11(8)15(20)21)13-18-14(22-19-13)10-3-5-12(16)17-7-10/h2-8,11H,1H3,(H,20,21). The van der Waals surface area contributed by atoms with Crippen LogP contribution in [0, 0.1) is 11.8 Å². The van der Waals surface area contributed by atoms with Crippen molar-refractivity contribution in [2.24, 2.45) is 11.8 Å². The molecule has 0 saturated carbocycles. The molecule has 0 saturated heterocycles. The van der Waals surface area contributed by atoms with Crippen LogP contribution in [0.1, 0.15) is 12.7 Å². The fourth-order valence-electron chi connectivity index (χ4n) is 2.24. The van der Waals surface area contributed by atoms with Gasteiger partial charge in [-0.1, -0.05) is 41.9 Å². The molecule has 1 aliphatic rings. The molecule has 1 aliphatic carbocycles. The lowest BCUT2D eigenvalue weighted by Gasteiger charge is -2.17. The minimum atomic E-state index is -0.847. The van der Waals surface area contributed by atoms with Crippen molar-refractivity contribution in [1.29, 1.82) is 0 Å². The van der Waals surface area contributed by atoms with Gasteiger partial charge in [-0.2, -0.15) is 4.98 Å². The lowest BCUT2D eigenvalue weighted by atomic mass is 9.87. The van der Waals surface area contributed by atoms with Crippen molar-refractivity contribution < 1.29 is 14.4 Å². The van der Waals surface area contributed by atoms with Crippen molar-refractivity contribution in [3.8, 4) is 11.5 Å². The van der Waals surface area contributed by atoms with Crippen LogP contribution in [0.15, 0.2) is 41.1 Å². The SMILES string of the molecule is CC1C=C(c2noc(-c3ccc(Cl)nc3)n2)C=CC1C(=O)O. The van der Waals surface area contributed by atoms with Crippen molar-refractivity contribution in [2.45, 2.75) is 6.92 Å². The Kier molecular flexibility index (Phi) is 3.77. The van der Waals surface area contributed by atoms with Gasteiger partial charge in [0.1, 0.15) is 5.15 Å². The quantitative estimate of drug-likeness (QED) is 0.875. The molecule has 112 valence electrons. The van der Waals surface area contributed by atoms with Gasteiger partial charge in [-0.15, -0.1) is 0 Å². The van der Waals surface area contributed by atoms with Gasteiger partial charge < -0.3 is 9.63 Å². The molecule has 2 atom stereocenters. The van der Waals surface area contributed by atoms with Gasteiger partial charge in [-0.05, 0) is 18.1 Å². The van der Waals surface area contributed by atoms with E-state index in [-0.39, 0.29) is 5.92 Å². The number of aliphatic carboxylic acids is 1. The molecule has 1 N–H and O–H groups in total. The Morgan fingerprint density at radius 1 is 1.41 bits per heavy atom. The van der Waals surface area contributed by atoms with E-state index in [1.165, 1.54) is 0 Å². The molecule has 0 fully saturated rings. The van der Waals surface area contributed by atoms with Crippen LogP contribution in [0.2, 0.25) is 5.15 Å². The van der Waals surface area contributed by atoms with E-state index in [4.69, 9.17) is 21.2 Å². The van der Waals surface area contributed by atoms with E-state index >= 15 is 0 Å². The molecular weight excluding hydrogens is 306 g/mol. The highest BCUT2D eigenvalue weighted by Crippen LogP contribution is 2.28. The Morgan fingerprint density at radius 3 is 2.86 bits per heavy atom. The van der Waals surface area contributed by atoms with Gasteiger partial charge in [0.2, 0.25) is 5.82 Å². The second-order valence-electron chi connectivity index (χ2n) is 5.00. The van der Waals surface area contributed by atoms with Crippen molar-refractivity contribution >= 4 is 23.1 Å². The first-order valence-corrected chi connectivity index (χ1v) is 7.01. The van der Waals surface area contributed by atoms with Crippen molar-refractivity contribution in [2.75, 3.05) is 0 Å². The molecule has 6 nitrogen and oxygen atoms in total. The molecule has 0 aromatic carbocycles. The summed E-state index contributed by atoms with van der Waals surface area (Å²) in [5, 5.41) is 13.4. The van der Waals surface area contributed by atoms with Crippen LogP contribution in [0.25, 0.3) is 17.0 Å². The van der Waals surface area contributed by atoms with Crippen LogP contribution in [0.3, 0.4) is 0 Å². The van der Waals surface area contributed by atoms with Gasteiger partial charge in [0.05, 0.1) is 11.5 Å². The highest BCUT2D eigenvalue weighted by Gasteiger charge is 2.25. The van der Waals surface area contributed by atoms with E-state index in [9.17, 15) is 4.79 Å². The van der Waals surface area contributed by atoms with Crippen LogP contribution in [0.4, 0.5) is 0 Å². The molecule has 2 aromatic heterocycles. The molecule has 2 heterocycles. The zero-order chi connectivity index (χ0) is 15.7. The average Bonchev–Trinajstić information content (AvgIpc) is 2.97. The topological polar surface area (TPSA) is 89.1 Å². The maximum atomic E-state index is 11.1. The smallest absolute Gasteiger partial charge is 0.310 e. The molecule has 0 amide bonds. The lowest BCUT2D eigenvalue weighted by molar-refractivity contribution is -0.141. The zero-order valence-electron chi connectivity index (χ0n) is 11.6. The van der Waals surface area contributed by atoms with E-state index in [0.717, 1.165) is 5.57 Å². The third kappa shape index (κ3) is 2.78. The number of pyridine rings is 1. The van der Waals surface area contributed by atoms with Crippen molar-refractivity contribution in [3.63, 3.8) is 0 Å². The van der Waals surface area contributed by atoms with E-state index in [1.807, 2.05) is 13.0 Å². The Balaban J connectivity index is 1.86. The monoisotopic (exact) mass is 317 g/mol. The largest absolute Gasteiger partial charge is 0.481 e. The van der Waals surface area contributed by atoms with Gasteiger partial charge >= 0.3 is 5.97 Å². The predicted octanol–water partition coefficient (Wildman–Crippen LogP) is 3.08. The van der Waals surface area contributed by atoms with Gasteiger partial charge in [0, 0.05) is 11.8 Å². The summed E-state index contributed by atoms with van der Waals surface area (Å²) in [6, 6.07) is 3.38. The van der Waals surface area contributed by atoms with E-state index in [0.29, 0.717) is 22.4 Å². The first-order chi connectivity index (χ1) is 10.5. The number of carboxylic acid groups (broad SMARTS) is 1. The fourth-order valence-corrected chi connectivity index (χ4v) is 2.35. The molecule has 0 spiro atoms. The van der Waals surface area contributed by atoms with Crippen LogP contribution < -0.4 is 0 Å². The second kappa shape index (κ2) is 5.73. The summed E-state index contributed by atoms with van der Waals surface area (Å²) in [6.07, 6.45) is 6.72. The average molecular weight is 318 g/mol. The lowest BCUT2D eigenvalue weighted by Crippen LogP contribution is -2.20. The van der Waals surface area contributed by atoms with Crippen molar-refractivity contribution in [3.05, 3.63) is 47.5 Å². The number of allylic oxidation sites excluding steroid dienone is 3. The summed E-state index contributed by atoms with van der Waals surface area (Å²) < 4.78 is 5.22. The minimum absolute atomic E-state index is 0.142. The number of rotatable bonds is 3. The van der Waals surface area contributed by atoms with Gasteiger partial charge in [-0.25, -0.2) is 4.98 Å². The molecule has 3 rings (SSSR count). The summed E-state index contributed by atoms with van der Waals surface area (Å²) in [4.78, 5) is 19.3. The fraction of sp³-hybridized carbons (Fsp3) is 0.200. The summed E-state index contributed by atoms with van der Waals surface area (Å²) >= 11 is 5.74. The highest BCUT2D eigenvalue weighted by molar-refractivity contribution is 6.29. The normalized spacial score (nSPS) is 20.7. The maximum absolute atomic E-state index is 11.1. The summed E-state index contributed by atoms with van der Waals surface area (Å²) in [7, 11) is 0. The molecule has 7 heteroatoms. The van der Waals surface area contributed by atoms with E-state index in [2.05, 4.69) is 15.1 Å². The Morgan fingerprint density at radius 2 is 2.23 bits per heavy atom. The van der Waals surface area contributed by atoms with Crippen molar-refractivity contribution in [1.82, 2.24) is 15.1 Å². The van der Waals surface area contributed by atoms with Crippen LogP contribution in [-0.2, 0) is 4.79 Å². The maximum Gasteiger partial charge on any atom is 0.310 e. The Labute approximate surface area is 131 Å². The highest BCUT2D eigenvalue weighted by atomic mass is 35.5. The van der Waals surface area contributed by atoms with Gasteiger partial charge in [-0.3, -0.25) is 4.79 Å². The minimum Gasteiger partial charge on any atom is -0.481 e. The second-order valence-corrected chi connectivity index (χ2v) is 5.38. The van der Waals surface area contributed by atoms with Gasteiger partial charge in [0.25, 0.3) is 5.89 Å². The molecule has 2 aromatic rings. The predicted molar refractivity (Wildman–Crippen MR) is 79.9 cm³/mol. The van der Waals surface area contributed by atoms with Crippen LogP contribution in [-0.4, -0.2) is 26.2 Å². The number of hydrogen-bond acceptors (Lipinski definition) is 5. The molecule has 0 bridgehead atoms. The summed E-state index contributed by atoms with van der Waals surface area (Å²) in [5.74, 6) is -0.773. The number of hydrogen-bond donors (Lipinski definition) is 1. The third-order valence-corrected chi connectivity index (χ3v) is 3.66. The number of aromatic nitrogens is 3. The zero-order valence-corrected chi connectivity index (χ0v) is 12.4.